The van der Waals surface area contributed by atoms with Gasteiger partial charge in [-0.1, -0.05) is 24.3 Å². The number of carbonyl (C=O) groups excluding carboxylic acids is 2. The maximum Gasteiger partial charge on any atom is 0.243 e. The molecule has 0 unspecified atom stereocenters. The van der Waals surface area contributed by atoms with E-state index < -0.39 is 0 Å². The number of nitrogens with one attached hydrogen (secondary N) is 1. The van der Waals surface area contributed by atoms with Gasteiger partial charge in [0.15, 0.2) is 0 Å². The molecule has 30 heavy (non-hydrogen) atoms. The van der Waals surface area contributed by atoms with E-state index in [1.165, 1.54) is 4.90 Å². The first kappa shape index (κ1) is 21.1. The molecule has 0 aliphatic heterocycles. The fourth-order valence-electron chi connectivity index (χ4n) is 3.24. The second-order valence-corrected chi connectivity index (χ2v) is 7.10. The van der Waals surface area contributed by atoms with Crippen LogP contribution in [0.25, 0.3) is 5.69 Å². The Morgan fingerprint density at radius 1 is 1.10 bits per heavy atom. The third-order valence-electron chi connectivity index (χ3n) is 4.93. The zero-order valence-electron chi connectivity index (χ0n) is 17.7. The molecule has 0 atom stereocenters. The van der Waals surface area contributed by atoms with Gasteiger partial charge in [-0.15, -0.1) is 0 Å². The van der Waals surface area contributed by atoms with E-state index in [0.717, 1.165) is 22.6 Å². The molecule has 156 valence electrons. The Labute approximate surface area is 176 Å². The van der Waals surface area contributed by atoms with Gasteiger partial charge in [-0.05, 0) is 38.1 Å². The van der Waals surface area contributed by atoms with E-state index in [4.69, 9.17) is 4.74 Å². The highest BCUT2D eigenvalue weighted by Crippen LogP contribution is 2.19. The van der Waals surface area contributed by atoms with Crippen molar-refractivity contribution in [3.63, 3.8) is 0 Å². The molecule has 1 N–H and O–H groups in total. The number of anilines is 1. The van der Waals surface area contributed by atoms with Crippen LogP contribution in [0.1, 0.15) is 17.0 Å². The van der Waals surface area contributed by atoms with E-state index in [1.807, 2.05) is 48.9 Å². The lowest BCUT2D eigenvalue weighted by Gasteiger charge is -2.17. The summed E-state index contributed by atoms with van der Waals surface area (Å²) in [6.45, 7) is 3.80. The van der Waals surface area contributed by atoms with E-state index in [9.17, 15) is 9.59 Å². The Morgan fingerprint density at radius 3 is 2.53 bits per heavy atom. The molecular formula is C23H26N4O3. The molecule has 1 aromatic heterocycles. The second kappa shape index (κ2) is 9.26. The quantitative estimate of drug-likeness (QED) is 0.654. The highest BCUT2D eigenvalue weighted by atomic mass is 16.5. The van der Waals surface area contributed by atoms with Crippen molar-refractivity contribution in [1.82, 2.24) is 14.7 Å². The molecule has 7 heteroatoms. The number of nitrogens with zero attached hydrogens (tertiary/aromatic N) is 3. The standard InChI is InChI=1S/C23H26N4O3/c1-16-21(17(2)27(25-16)19-10-6-5-7-11-19)14-23(29)26(3)15-22(28)24-18-9-8-12-20(13-18)30-4/h5-13H,14-15H2,1-4H3,(H,24,28). The molecular weight excluding hydrogens is 380 g/mol. The van der Waals surface area contributed by atoms with Crippen LogP contribution in [0.5, 0.6) is 5.75 Å². The van der Waals surface area contributed by atoms with E-state index in [1.54, 1.807) is 38.4 Å². The third kappa shape index (κ3) is 4.86. The lowest BCUT2D eigenvalue weighted by molar-refractivity contribution is -0.132. The van der Waals surface area contributed by atoms with Crippen molar-refractivity contribution in [1.29, 1.82) is 0 Å². The molecule has 0 aliphatic carbocycles. The summed E-state index contributed by atoms with van der Waals surface area (Å²) in [5.41, 5.74) is 4.17. The van der Waals surface area contributed by atoms with Gasteiger partial charge >= 0.3 is 0 Å². The van der Waals surface area contributed by atoms with Gasteiger partial charge in [-0.25, -0.2) is 4.68 Å². The number of aromatic nitrogens is 2. The van der Waals surface area contributed by atoms with Crippen molar-refractivity contribution >= 4 is 17.5 Å². The summed E-state index contributed by atoms with van der Waals surface area (Å²) >= 11 is 0. The lowest BCUT2D eigenvalue weighted by Crippen LogP contribution is -2.36. The smallest absolute Gasteiger partial charge is 0.243 e. The van der Waals surface area contributed by atoms with E-state index in [2.05, 4.69) is 10.4 Å². The van der Waals surface area contributed by atoms with E-state index in [0.29, 0.717) is 11.4 Å². The van der Waals surface area contributed by atoms with Gasteiger partial charge in [0.05, 0.1) is 31.5 Å². The first-order valence-corrected chi connectivity index (χ1v) is 9.67. The highest BCUT2D eigenvalue weighted by molar-refractivity contribution is 5.94. The minimum atomic E-state index is -0.271. The third-order valence-corrected chi connectivity index (χ3v) is 4.93. The number of carbonyl (C=O) groups is 2. The van der Waals surface area contributed by atoms with Crippen molar-refractivity contribution in [3.8, 4) is 11.4 Å². The van der Waals surface area contributed by atoms with Crippen LogP contribution in [0.4, 0.5) is 5.69 Å². The minimum absolute atomic E-state index is 0.0407. The maximum atomic E-state index is 12.7. The SMILES string of the molecule is COc1cccc(NC(=O)CN(C)C(=O)Cc2c(C)nn(-c3ccccc3)c2C)c1. The summed E-state index contributed by atoms with van der Waals surface area (Å²) < 4.78 is 7.00. The maximum absolute atomic E-state index is 12.7. The largest absolute Gasteiger partial charge is 0.497 e. The van der Waals surface area contributed by atoms with E-state index >= 15 is 0 Å². The van der Waals surface area contributed by atoms with Crippen LogP contribution in [0.3, 0.4) is 0 Å². The molecule has 0 spiro atoms. The van der Waals surface area contributed by atoms with Crippen LogP contribution in [-0.2, 0) is 16.0 Å². The van der Waals surface area contributed by atoms with Crippen molar-refractivity contribution in [2.24, 2.45) is 0 Å². The number of ether oxygens (including phenoxy) is 1. The minimum Gasteiger partial charge on any atom is -0.497 e. The highest BCUT2D eigenvalue weighted by Gasteiger charge is 2.19. The number of methoxy groups -OCH3 is 1. The second-order valence-electron chi connectivity index (χ2n) is 7.10. The van der Waals surface area contributed by atoms with Crippen LogP contribution in [0.15, 0.2) is 54.6 Å². The molecule has 0 bridgehead atoms. The fourth-order valence-corrected chi connectivity index (χ4v) is 3.24. The molecule has 2 aromatic carbocycles. The molecule has 0 fully saturated rings. The van der Waals surface area contributed by atoms with Crippen molar-refractivity contribution in [3.05, 3.63) is 71.5 Å². The van der Waals surface area contributed by atoms with Crippen LogP contribution >= 0.6 is 0 Å². The normalized spacial score (nSPS) is 10.5. The molecule has 2 amide bonds. The van der Waals surface area contributed by atoms with Crippen LogP contribution in [-0.4, -0.2) is 47.2 Å². The predicted octanol–water partition coefficient (Wildman–Crippen LogP) is 3.14. The van der Waals surface area contributed by atoms with Crippen LogP contribution in [0.2, 0.25) is 0 Å². The number of hydrogen-bond donors (Lipinski definition) is 1. The topological polar surface area (TPSA) is 76.5 Å². The van der Waals surface area contributed by atoms with Gasteiger partial charge in [0.1, 0.15) is 5.75 Å². The zero-order chi connectivity index (χ0) is 21.7. The number of amides is 2. The summed E-state index contributed by atoms with van der Waals surface area (Å²) in [5.74, 6) is 0.237. The van der Waals surface area contributed by atoms with Crippen LogP contribution < -0.4 is 10.1 Å². The number of rotatable bonds is 7. The summed E-state index contributed by atoms with van der Waals surface area (Å²) in [5, 5.41) is 7.37. The molecule has 3 aromatic rings. The summed E-state index contributed by atoms with van der Waals surface area (Å²) in [4.78, 5) is 26.5. The summed E-state index contributed by atoms with van der Waals surface area (Å²) in [6.07, 6.45) is 0.188. The molecule has 1 heterocycles. The molecule has 0 saturated heterocycles. The number of benzene rings is 2. The van der Waals surface area contributed by atoms with Crippen molar-refractivity contribution in [2.45, 2.75) is 20.3 Å². The zero-order valence-corrected chi connectivity index (χ0v) is 17.7. The van der Waals surface area contributed by atoms with Gasteiger partial charge in [0, 0.05) is 30.1 Å². The van der Waals surface area contributed by atoms with Crippen molar-refractivity contribution < 1.29 is 14.3 Å². The number of para-hydroxylation sites is 1. The average Bonchev–Trinajstić information content (AvgIpc) is 3.02. The summed E-state index contributed by atoms with van der Waals surface area (Å²) in [7, 11) is 3.19. The fraction of sp³-hybridized carbons (Fsp3) is 0.261. The van der Waals surface area contributed by atoms with E-state index in [-0.39, 0.29) is 24.8 Å². The Morgan fingerprint density at radius 2 is 1.83 bits per heavy atom. The predicted molar refractivity (Wildman–Crippen MR) is 116 cm³/mol. The first-order valence-electron chi connectivity index (χ1n) is 9.67. The van der Waals surface area contributed by atoms with Crippen LogP contribution in [0, 0.1) is 13.8 Å². The molecule has 3 rings (SSSR count). The van der Waals surface area contributed by atoms with Crippen molar-refractivity contribution in [2.75, 3.05) is 26.0 Å². The van der Waals surface area contributed by atoms with Gasteiger partial charge in [0.2, 0.25) is 11.8 Å². The number of aryl methyl sites for hydroxylation is 1. The Bertz CT molecular complexity index is 1040. The molecule has 0 saturated carbocycles. The van der Waals surface area contributed by atoms with Gasteiger partial charge in [0.25, 0.3) is 0 Å². The Kier molecular flexibility index (Phi) is 6.51. The monoisotopic (exact) mass is 406 g/mol. The Balaban J connectivity index is 1.64. The van der Waals surface area contributed by atoms with Gasteiger partial charge in [-0.2, -0.15) is 5.10 Å². The summed E-state index contributed by atoms with van der Waals surface area (Å²) in [6, 6.07) is 16.9. The van der Waals surface area contributed by atoms with Gasteiger partial charge < -0.3 is 15.0 Å². The van der Waals surface area contributed by atoms with Gasteiger partial charge in [-0.3, -0.25) is 9.59 Å². The Hall–Kier alpha value is -3.61. The first-order chi connectivity index (χ1) is 14.4. The molecule has 0 aliphatic rings. The lowest BCUT2D eigenvalue weighted by atomic mass is 10.1. The molecule has 7 nitrogen and oxygen atoms in total. The number of hydrogen-bond acceptors (Lipinski definition) is 4. The molecule has 0 radical (unpaired) electrons. The average molecular weight is 406 g/mol. The number of likely N-dealkylation sites (N-methyl/N-ethyl adjacent to an activating group) is 1.